The molecule has 0 fully saturated rings. The van der Waals surface area contributed by atoms with E-state index in [1.54, 1.807) is 0 Å². The number of hydrogen-bond donors (Lipinski definition) is 0. The fourth-order valence-corrected chi connectivity index (χ4v) is 7.75. The molecule has 3 heteroatoms. The maximum atomic E-state index is 6.70. The Morgan fingerprint density at radius 1 is 0.392 bits per heavy atom. The molecule has 10 rings (SSSR count). The zero-order valence-corrected chi connectivity index (χ0v) is 27.8. The largest absolute Gasteiger partial charge is 0.454 e. The summed E-state index contributed by atoms with van der Waals surface area (Å²) in [4.78, 5) is 2.37. The van der Waals surface area contributed by atoms with Crippen LogP contribution >= 0.6 is 0 Å². The highest BCUT2D eigenvalue weighted by Gasteiger charge is 2.24. The number of aromatic nitrogens is 1. The second-order valence-electron chi connectivity index (χ2n) is 12.9. The number of nitrogens with zero attached hydrogens (tertiary/aromatic N) is 2. The quantitative estimate of drug-likeness (QED) is 0.178. The average Bonchev–Trinajstić information content (AvgIpc) is 3.75. The molecule has 3 nitrogen and oxygen atoms in total. The van der Waals surface area contributed by atoms with Gasteiger partial charge in [-0.05, 0) is 59.7 Å². The molecule has 8 aromatic carbocycles. The molecule has 0 aliphatic rings. The van der Waals surface area contributed by atoms with Crippen LogP contribution in [0.2, 0.25) is 0 Å². The molecule has 0 atom stereocenters. The van der Waals surface area contributed by atoms with Gasteiger partial charge in [0.1, 0.15) is 5.58 Å². The highest BCUT2D eigenvalue weighted by molar-refractivity contribution is 6.12. The Morgan fingerprint density at radius 2 is 0.961 bits per heavy atom. The summed E-state index contributed by atoms with van der Waals surface area (Å²) in [5, 5.41) is 4.69. The van der Waals surface area contributed by atoms with E-state index in [0.29, 0.717) is 0 Å². The number of anilines is 3. The maximum Gasteiger partial charge on any atom is 0.159 e. The van der Waals surface area contributed by atoms with Gasteiger partial charge in [0, 0.05) is 38.4 Å². The summed E-state index contributed by atoms with van der Waals surface area (Å²) < 4.78 is 9.12. The minimum absolute atomic E-state index is 0.856. The SMILES string of the molecule is c1ccc(-c2cccc(N(c3ccccc3-c3ccccc3-n3c4ccccc4c4ccccc43)c3cccc4c3oc3ccccc34)c2)cc1. The highest BCUT2D eigenvalue weighted by Crippen LogP contribution is 2.47. The molecule has 0 saturated heterocycles. The Bertz CT molecular complexity index is 2830. The Labute approximate surface area is 295 Å². The first-order chi connectivity index (χ1) is 25.3. The van der Waals surface area contributed by atoms with Crippen molar-refractivity contribution in [2.24, 2.45) is 0 Å². The van der Waals surface area contributed by atoms with Crippen LogP contribution in [0.1, 0.15) is 0 Å². The summed E-state index contributed by atoms with van der Waals surface area (Å²) in [6.07, 6.45) is 0. The molecule has 0 aliphatic carbocycles. The van der Waals surface area contributed by atoms with Gasteiger partial charge in [-0.25, -0.2) is 0 Å². The summed E-state index contributed by atoms with van der Waals surface area (Å²) in [6, 6.07) is 69.1. The first-order valence-electron chi connectivity index (χ1n) is 17.4. The number of para-hydroxylation sites is 6. The number of fused-ring (bicyclic) bond motifs is 6. The molecule has 0 bridgehead atoms. The molecule has 51 heavy (non-hydrogen) atoms. The Hall–Kier alpha value is -6.84. The van der Waals surface area contributed by atoms with Crippen molar-refractivity contribution in [1.29, 1.82) is 0 Å². The zero-order valence-electron chi connectivity index (χ0n) is 27.8. The van der Waals surface area contributed by atoms with Gasteiger partial charge in [-0.1, -0.05) is 146 Å². The Kier molecular flexibility index (Phi) is 6.81. The van der Waals surface area contributed by atoms with Crippen LogP contribution in [0.25, 0.3) is 71.7 Å². The Morgan fingerprint density at radius 3 is 1.76 bits per heavy atom. The third-order valence-corrected chi connectivity index (χ3v) is 10.00. The van der Waals surface area contributed by atoms with Gasteiger partial charge < -0.3 is 13.9 Å². The van der Waals surface area contributed by atoms with E-state index < -0.39 is 0 Å². The molecule has 2 aromatic heterocycles. The lowest BCUT2D eigenvalue weighted by Gasteiger charge is -2.29. The molecule has 0 N–H and O–H groups in total. The second-order valence-corrected chi connectivity index (χ2v) is 12.9. The topological polar surface area (TPSA) is 21.3 Å². The van der Waals surface area contributed by atoms with Crippen molar-refractivity contribution in [3.8, 4) is 27.9 Å². The number of furan rings is 1. The predicted octanol–water partition coefficient (Wildman–Crippen LogP) is 13.5. The molecule has 240 valence electrons. The highest BCUT2D eigenvalue weighted by atomic mass is 16.3. The van der Waals surface area contributed by atoms with E-state index in [4.69, 9.17) is 4.42 Å². The maximum absolute atomic E-state index is 6.70. The van der Waals surface area contributed by atoms with E-state index in [-0.39, 0.29) is 0 Å². The normalized spacial score (nSPS) is 11.5. The van der Waals surface area contributed by atoms with Gasteiger partial charge in [0.05, 0.1) is 28.1 Å². The van der Waals surface area contributed by atoms with Crippen LogP contribution in [0.4, 0.5) is 17.1 Å². The summed E-state index contributed by atoms with van der Waals surface area (Å²) in [5.41, 5.74) is 12.9. The van der Waals surface area contributed by atoms with Crippen molar-refractivity contribution in [3.05, 3.63) is 194 Å². The molecule has 2 heterocycles. The third kappa shape index (κ3) is 4.74. The standard InChI is InChI=1S/C48H32N2O/c1-2-16-33(17-3-1)34-18-14-19-35(32-34)49(46-30-15-25-41-40-24-8-13-31-47(40)51-48(41)46)42-26-9-4-20-36(42)37-21-5-10-27-43(37)50-44-28-11-6-22-38(44)39-23-7-12-29-45(39)50/h1-32H. The van der Waals surface area contributed by atoms with E-state index in [0.717, 1.165) is 61.4 Å². The van der Waals surface area contributed by atoms with Crippen molar-refractivity contribution in [1.82, 2.24) is 4.57 Å². The minimum Gasteiger partial charge on any atom is -0.454 e. The second kappa shape index (κ2) is 11.9. The van der Waals surface area contributed by atoms with E-state index >= 15 is 0 Å². The first-order valence-corrected chi connectivity index (χ1v) is 17.4. The summed E-state index contributed by atoms with van der Waals surface area (Å²) >= 11 is 0. The van der Waals surface area contributed by atoms with Crippen LogP contribution in [0.5, 0.6) is 0 Å². The van der Waals surface area contributed by atoms with Crippen LogP contribution in [-0.2, 0) is 0 Å². The molecule has 0 aliphatic heterocycles. The fraction of sp³-hybridized carbons (Fsp3) is 0. The minimum atomic E-state index is 0.856. The van der Waals surface area contributed by atoms with Crippen molar-refractivity contribution >= 4 is 60.8 Å². The van der Waals surface area contributed by atoms with E-state index in [2.05, 4.69) is 198 Å². The predicted molar refractivity (Wildman–Crippen MR) is 214 cm³/mol. The van der Waals surface area contributed by atoms with Crippen LogP contribution < -0.4 is 4.90 Å². The molecule has 10 aromatic rings. The molecule has 0 radical (unpaired) electrons. The van der Waals surface area contributed by atoms with Crippen LogP contribution in [0.3, 0.4) is 0 Å². The smallest absolute Gasteiger partial charge is 0.159 e. The molecule has 0 spiro atoms. The lowest BCUT2D eigenvalue weighted by molar-refractivity contribution is 0.669. The van der Waals surface area contributed by atoms with Crippen LogP contribution in [0, 0.1) is 0 Å². The number of benzene rings is 8. The van der Waals surface area contributed by atoms with Gasteiger partial charge in [-0.2, -0.15) is 0 Å². The van der Waals surface area contributed by atoms with Gasteiger partial charge in [-0.3, -0.25) is 0 Å². The van der Waals surface area contributed by atoms with Gasteiger partial charge >= 0.3 is 0 Å². The molecular formula is C48H32N2O. The molecule has 0 amide bonds. The summed E-state index contributed by atoms with van der Waals surface area (Å²) in [7, 11) is 0. The zero-order chi connectivity index (χ0) is 33.7. The van der Waals surface area contributed by atoms with Gasteiger partial charge in [0.25, 0.3) is 0 Å². The third-order valence-electron chi connectivity index (χ3n) is 10.00. The van der Waals surface area contributed by atoms with Gasteiger partial charge in [0.15, 0.2) is 5.58 Å². The van der Waals surface area contributed by atoms with Crippen LogP contribution in [-0.4, -0.2) is 4.57 Å². The Balaban J connectivity index is 1.26. The van der Waals surface area contributed by atoms with Crippen molar-refractivity contribution in [2.45, 2.75) is 0 Å². The van der Waals surface area contributed by atoms with Gasteiger partial charge in [-0.15, -0.1) is 0 Å². The van der Waals surface area contributed by atoms with E-state index in [1.165, 1.54) is 27.4 Å². The molecular weight excluding hydrogens is 621 g/mol. The van der Waals surface area contributed by atoms with Crippen molar-refractivity contribution in [2.75, 3.05) is 4.90 Å². The van der Waals surface area contributed by atoms with Crippen molar-refractivity contribution in [3.63, 3.8) is 0 Å². The van der Waals surface area contributed by atoms with Crippen molar-refractivity contribution < 1.29 is 4.42 Å². The summed E-state index contributed by atoms with van der Waals surface area (Å²) in [5.74, 6) is 0. The molecule has 0 saturated carbocycles. The van der Waals surface area contributed by atoms with Gasteiger partial charge in [0.2, 0.25) is 0 Å². The lowest BCUT2D eigenvalue weighted by Crippen LogP contribution is -2.12. The fourth-order valence-electron chi connectivity index (χ4n) is 7.75. The van der Waals surface area contributed by atoms with E-state index in [1.807, 2.05) is 6.07 Å². The lowest BCUT2D eigenvalue weighted by atomic mass is 9.98. The monoisotopic (exact) mass is 652 g/mol. The first kappa shape index (κ1) is 29.1. The average molecular weight is 653 g/mol. The molecule has 0 unspecified atom stereocenters. The number of hydrogen-bond acceptors (Lipinski definition) is 2. The van der Waals surface area contributed by atoms with Crippen LogP contribution in [0.15, 0.2) is 199 Å². The summed E-state index contributed by atoms with van der Waals surface area (Å²) in [6.45, 7) is 0. The number of rotatable bonds is 6. The van der Waals surface area contributed by atoms with E-state index in [9.17, 15) is 0 Å².